The molecule has 1 aromatic carbocycles. The van der Waals surface area contributed by atoms with E-state index >= 15 is 0 Å². The van der Waals surface area contributed by atoms with Crippen molar-refractivity contribution in [3.8, 4) is 5.69 Å². The molecule has 1 aliphatic rings. The lowest BCUT2D eigenvalue weighted by Crippen LogP contribution is -2.23. The molecule has 0 saturated carbocycles. The molecule has 3 heterocycles. The second-order valence-corrected chi connectivity index (χ2v) is 6.64. The van der Waals surface area contributed by atoms with E-state index in [9.17, 15) is 4.79 Å². The Morgan fingerprint density at radius 3 is 2.42 bits per heavy atom. The van der Waals surface area contributed by atoms with Crippen LogP contribution in [0.2, 0.25) is 0 Å². The van der Waals surface area contributed by atoms with E-state index in [1.807, 2.05) is 0 Å². The van der Waals surface area contributed by atoms with Crippen LogP contribution in [0.15, 0.2) is 23.1 Å². The van der Waals surface area contributed by atoms with Gasteiger partial charge in [0, 0.05) is 19.3 Å². The summed E-state index contributed by atoms with van der Waals surface area (Å²) in [6.45, 7) is 8.08. The molecule has 124 valence electrons. The van der Waals surface area contributed by atoms with Gasteiger partial charge in [-0.2, -0.15) is 4.98 Å². The zero-order chi connectivity index (χ0) is 16.8. The molecule has 1 N–H and O–H groups in total. The summed E-state index contributed by atoms with van der Waals surface area (Å²) in [6, 6.07) is 4.25. The minimum Gasteiger partial charge on any atom is -0.342 e. The summed E-state index contributed by atoms with van der Waals surface area (Å²) in [6.07, 6.45) is 4.05. The lowest BCUT2D eigenvalue weighted by molar-refractivity contribution is 0.864. The van der Waals surface area contributed by atoms with Gasteiger partial charge in [0.05, 0.1) is 5.69 Å². The maximum absolute atomic E-state index is 12.4. The van der Waals surface area contributed by atoms with E-state index in [0.29, 0.717) is 17.0 Å². The number of fused-ring (bicyclic) bond motifs is 1. The predicted molar refractivity (Wildman–Crippen MR) is 95.1 cm³/mol. The number of hydrogen-bond acceptors (Lipinski definition) is 4. The summed E-state index contributed by atoms with van der Waals surface area (Å²) in [4.78, 5) is 22.0. The van der Waals surface area contributed by atoms with E-state index < -0.39 is 0 Å². The molecule has 1 fully saturated rings. The summed E-state index contributed by atoms with van der Waals surface area (Å²) in [7, 11) is 0. The minimum absolute atomic E-state index is 0.129. The third kappa shape index (κ3) is 2.38. The molecule has 2 aromatic heterocycles. The normalized spacial score (nSPS) is 14.7. The van der Waals surface area contributed by atoms with Crippen molar-refractivity contribution < 1.29 is 0 Å². The maximum atomic E-state index is 12.4. The molecule has 4 rings (SSSR count). The minimum atomic E-state index is -0.129. The Labute approximate surface area is 140 Å². The summed E-state index contributed by atoms with van der Waals surface area (Å²) < 4.78 is 1.78. The highest BCUT2D eigenvalue weighted by Crippen LogP contribution is 2.22. The Morgan fingerprint density at radius 1 is 1.08 bits per heavy atom. The molecule has 0 aliphatic carbocycles. The molecule has 24 heavy (non-hydrogen) atoms. The Morgan fingerprint density at radius 2 is 1.75 bits per heavy atom. The second kappa shape index (κ2) is 5.47. The molecule has 0 spiro atoms. The highest BCUT2D eigenvalue weighted by molar-refractivity contribution is 5.75. The first-order chi connectivity index (χ1) is 11.5. The molecule has 0 atom stereocenters. The van der Waals surface area contributed by atoms with Gasteiger partial charge >= 0.3 is 0 Å². The third-order valence-corrected chi connectivity index (χ3v) is 4.65. The molecule has 0 radical (unpaired) electrons. The largest absolute Gasteiger partial charge is 0.342 e. The van der Waals surface area contributed by atoms with Crippen LogP contribution in [0.1, 0.15) is 29.5 Å². The number of anilines is 1. The average Bonchev–Trinajstić information content (AvgIpc) is 3.14. The lowest BCUT2D eigenvalue weighted by atomic mass is 10.1. The fourth-order valence-electron chi connectivity index (χ4n) is 3.63. The fourth-order valence-corrected chi connectivity index (χ4v) is 3.63. The molecule has 1 aliphatic heterocycles. The first-order valence-corrected chi connectivity index (χ1v) is 8.36. The molecule has 3 aromatic rings. The van der Waals surface area contributed by atoms with Crippen molar-refractivity contribution in [2.75, 3.05) is 18.0 Å². The first kappa shape index (κ1) is 14.9. The van der Waals surface area contributed by atoms with Gasteiger partial charge in [-0.05, 0) is 44.7 Å². The summed E-state index contributed by atoms with van der Waals surface area (Å²) in [5.41, 5.74) is 4.88. The zero-order valence-corrected chi connectivity index (χ0v) is 14.3. The van der Waals surface area contributed by atoms with Crippen LogP contribution in [0, 0.1) is 20.8 Å². The average molecular weight is 323 g/mol. The van der Waals surface area contributed by atoms with Crippen molar-refractivity contribution >= 4 is 17.0 Å². The number of nitrogens with zero attached hydrogens (tertiary/aromatic N) is 4. The summed E-state index contributed by atoms with van der Waals surface area (Å²) in [5.74, 6) is 0.632. The second-order valence-electron chi connectivity index (χ2n) is 6.64. The highest BCUT2D eigenvalue weighted by Gasteiger charge is 2.18. The predicted octanol–water partition coefficient (Wildman–Crippen LogP) is 2.63. The van der Waals surface area contributed by atoms with Crippen LogP contribution in [0.5, 0.6) is 0 Å². The van der Waals surface area contributed by atoms with Crippen molar-refractivity contribution in [1.82, 2.24) is 19.7 Å². The van der Waals surface area contributed by atoms with E-state index in [4.69, 9.17) is 0 Å². The van der Waals surface area contributed by atoms with Crippen molar-refractivity contribution in [2.24, 2.45) is 0 Å². The zero-order valence-electron chi connectivity index (χ0n) is 14.3. The van der Waals surface area contributed by atoms with Crippen molar-refractivity contribution in [1.29, 1.82) is 0 Å². The van der Waals surface area contributed by atoms with E-state index in [0.717, 1.165) is 42.7 Å². The fraction of sp³-hybridized carbons (Fsp3) is 0.389. The van der Waals surface area contributed by atoms with Crippen molar-refractivity contribution in [3.63, 3.8) is 0 Å². The Bertz CT molecular complexity index is 956. The van der Waals surface area contributed by atoms with Crippen LogP contribution in [0.3, 0.4) is 0 Å². The quantitative estimate of drug-likeness (QED) is 0.787. The van der Waals surface area contributed by atoms with E-state index in [1.54, 1.807) is 10.9 Å². The Kier molecular flexibility index (Phi) is 3.40. The van der Waals surface area contributed by atoms with Gasteiger partial charge in [-0.15, -0.1) is 5.10 Å². The topological polar surface area (TPSA) is 66.8 Å². The monoisotopic (exact) mass is 323 g/mol. The van der Waals surface area contributed by atoms with Crippen LogP contribution in [0.25, 0.3) is 16.7 Å². The van der Waals surface area contributed by atoms with Crippen LogP contribution in [0.4, 0.5) is 5.95 Å². The molecule has 0 bridgehead atoms. The van der Waals surface area contributed by atoms with E-state index in [1.165, 1.54) is 5.56 Å². The Hall–Kier alpha value is -2.63. The first-order valence-electron chi connectivity index (χ1n) is 8.36. The summed E-state index contributed by atoms with van der Waals surface area (Å²) >= 11 is 0. The van der Waals surface area contributed by atoms with Gasteiger partial charge in [-0.3, -0.25) is 9.78 Å². The molecule has 6 nitrogen and oxygen atoms in total. The van der Waals surface area contributed by atoms with Gasteiger partial charge in [-0.1, -0.05) is 17.7 Å². The number of rotatable bonds is 2. The third-order valence-electron chi connectivity index (χ3n) is 4.65. The van der Waals surface area contributed by atoms with Gasteiger partial charge in [0.2, 0.25) is 5.95 Å². The van der Waals surface area contributed by atoms with Gasteiger partial charge in [0.25, 0.3) is 5.56 Å². The van der Waals surface area contributed by atoms with Gasteiger partial charge < -0.3 is 4.90 Å². The molecule has 6 heteroatoms. The van der Waals surface area contributed by atoms with Gasteiger partial charge in [0.15, 0.2) is 5.65 Å². The number of H-pyrrole nitrogens is 1. The van der Waals surface area contributed by atoms with Crippen LogP contribution >= 0.6 is 0 Å². The number of benzene rings is 1. The number of nitrogens with one attached hydrogen (secondary N) is 1. The van der Waals surface area contributed by atoms with Crippen LogP contribution in [-0.2, 0) is 0 Å². The molecular formula is C18H21N5O. The molecular weight excluding hydrogens is 302 g/mol. The molecule has 0 unspecified atom stereocenters. The van der Waals surface area contributed by atoms with Gasteiger partial charge in [0.1, 0.15) is 5.39 Å². The summed E-state index contributed by atoms with van der Waals surface area (Å²) in [5, 5.41) is 5.11. The highest BCUT2D eigenvalue weighted by atomic mass is 16.1. The SMILES string of the molecule is Cc1cc(C)c(-n2cc3c(=O)[nH]c(N4CCCC4)nc3n2)c(C)c1. The number of aryl methyl sites for hydroxylation is 3. The molecule has 0 amide bonds. The number of hydrogen-bond donors (Lipinski definition) is 1. The maximum Gasteiger partial charge on any atom is 0.263 e. The smallest absolute Gasteiger partial charge is 0.263 e. The van der Waals surface area contributed by atoms with Crippen molar-refractivity contribution in [3.05, 3.63) is 45.4 Å². The van der Waals surface area contributed by atoms with E-state index in [2.05, 4.69) is 52.9 Å². The number of aromatic nitrogens is 4. The Balaban J connectivity index is 1.87. The van der Waals surface area contributed by atoms with Crippen LogP contribution in [-0.4, -0.2) is 32.8 Å². The van der Waals surface area contributed by atoms with Gasteiger partial charge in [-0.25, -0.2) is 4.68 Å². The van der Waals surface area contributed by atoms with Crippen molar-refractivity contribution in [2.45, 2.75) is 33.6 Å². The standard InChI is InChI=1S/C18H21N5O/c1-11-8-12(2)15(13(3)9-11)23-10-14-16(21-23)19-18(20-17(14)24)22-6-4-5-7-22/h8-10H,4-7H2,1-3H3,(H,19,20,21,24). The molecule has 1 saturated heterocycles. The lowest BCUT2D eigenvalue weighted by Gasteiger charge is -2.14. The number of aromatic amines is 1. The van der Waals surface area contributed by atoms with E-state index in [-0.39, 0.29) is 5.56 Å². The van der Waals surface area contributed by atoms with Crippen LogP contribution < -0.4 is 10.5 Å².